The normalized spacial score (nSPS) is 19.8. The fraction of sp³-hybridized carbons (Fsp3) is 0.474. The summed E-state index contributed by atoms with van der Waals surface area (Å²) in [6, 6.07) is 2.60. The lowest BCUT2D eigenvalue weighted by atomic mass is 9.55. The highest BCUT2D eigenvalue weighted by molar-refractivity contribution is 5.51. The number of aromatic amines is 1. The maximum Gasteiger partial charge on any atom is 0.421 e. The third kappa shape index (κ3) is 3.13. The van der Waals surface area contributed by atoms with Crippen LogP contribution in [-0.2, 0) is 6.18 Å². The summed E-state index contributed by atoms with van der Waals surface area (Å²) in [5.74, 6) is 0.646. The lowest BCUT2D eigenvalue weighted by Crippen LogP contribution is -2.63. The highest BCUT2D eigenvalue weighted by Gasteiger charge is 2.54. The maximum absolute atomic E-state index is 12.9. The number of pyridine rings is 2. The van der Waals surface area contributed by atoms with Crippen LogP contribution in [0.3, 0.4) is 0 Å². The first-order chi connectivity index (χ1) is 13.2. The molecule has 4 rings (SSSR count). The number of halogens is 3. The highest BCUT2D eigenvalue weighted by atomic mass is 19.4. The zero-order chi connectivity index (χ0) is 20.1. The summed E-state index contributed by atoms with van der Waals surface area (Å²) in [4.78, 5) is 19.4. The highest BCUT2D eigenvalue weighted by Crippen LogP contribution is 2.56. The van der Waals surface area contributed by atoms with Crippen LogP contribution >= 0.6 is 0 Å². The van der Waals surface area contributed by atoms with E-state index in [0.717, 1.165) is 18.9 Å². The molecule has 1 saturated heterocycles. The quantitative estimate of drug-likeness (QED) is 0.832. The van der Waals surface area contributed by atoms with Crippen LogP contribution in [0.5, 0.6) is 5.75 Å². The Balaban J connectivity index is 1.40. The van der Waals surface area contributed by atoms with Crippen LogP contribution in [0.4, 0.5) is 18.9 Å². The average Bonchev–Trinajstić information content (AvgIpc) is 2.59. The maximum atomic E-state index is 12.9. The number of H-pyrrole nitrogens is 1. The molecule has 9 heteroatoms. The Morgan fingerprint density at radius 3 is 2.75 bits per heavy atom. The van der Waals surface area contributed by atoms with E-state index in [9.17, 15) is 23.1 Å². The second kappa shape index (κ2) is 6.51. The topological polar surface area (TPSA) is 78.5 Å². The first-order valence-corrected chi connectivity index (χ1v) is 8.93. The van der Waals surface area contributed by atoms with Crippen LogP contribution < -0.4 is 15.2 Å². The smallest absolute Gasteiger partial charge is 0.421 e. The predicted molar refractivity (Wildman–Crippen MR) is 95.2 cm³/mol. The monoisotopic (exact) mass is 395 g/mol. The third-order valence-electron chi connectivity index (χ3n) is 5.80. The number of ether oxygens (including phenoxy) is 1. The molecule has 2 aliphatic rings. The van der Waals surface area contributed by atoms with E-state index < -0.39 is 23.4 Å². The van der Waals surface area contributed by atoms with E-state index in [2.05, 4.69) is 9.97 Å². The number of nitrogens with zero attached hydrogens (tertiary/aromatic N) is 2. The first kappa shape index (κ1) is 18.8. The molecule has 2 aromatic rings. The van der Waals surface area contributed by atoms with Crippen LogP contribution in [0.15, 0.2) is 35.5 Å². The van der Waals surface area contributed by atoms with Crippen LogP contribution in [-0.4, -0.2) is 35.3 Å². The summed E-state index contributed by atoms with van der Waals surface area (Å²) in [6.07, 6.45) is 0.696. The van der Waals surface area contributed by atoms with Gasteiger partial charge in [0.15, 0.2) is 0 Å². The van der Waals surface area contributed by atoms with Gasteiger partial charge in [0.05, 0.1) is 18.9 Å². The van der Waals surface area contributed by atoms with Crippen molar-refractivity contribution >= 4 is 5.69 Å². The van der Waals surface area contributed by atoms with Crippen molar-refractivity contribution in [2.75, 3.05) is 25.1 Å². The largest absolute Gasteiger partial charge is 0.496 e. The number of alkyl halides is 3. The summed E-state index contributed by atoms with van der Waals surface area (Å²) in [7, 11) is 1.54. The van der Waals surface area contributed by atoms with E-state index in [1.54, 1.807) is 18.5 Å². The Kier molecular flexibility index (Phi) is 4.37. The van der Waals surface area contributed by atoms with E-state index in [4.69, 9.17) is 4.74 Å². The number of anilines is 1. The molecule has 150 valence electrons. The molecule has 6 nitrogen and oxygen atoms in total. The van der Waals surface area contributed by atoms with Gasteiger partial charge in [0.2, 0.25) is 0 Å². The Morgan fingerprint density at radius 2 is 2.11 bits per heavy atom. The molecule has 1 aliphatic heterocycles. The molecule has 28 heavy (non-hydrogen) atoms. The van der Waals surface area contributed by atoms with Gasteiger partial charge in [-0.15, -0.1) is 0 Å². The number of aliphatic hydroxyl groups is 1. The summed E-state index contributed by atoms with van der Waals surface area (Å²) in [6.45, 7) is 1.20. The summed E-state index contributed by atoms with van der Waals surface area (Å²) < 4.78 is 44.0. The van der Waals surface area contributed by atoms with Gasteiger partial charge in [-0.3, -0.25) is 9.78 Å². The van der Waals surface area contributed by atoms with Gasteiger partial charge in [-0.1, -0.05) is 0 Å². The molecule has 0 amide bonds. The second-order valence-corrected chi connectivity index (χ2v) is 7.69. The van der Waals surface area contributed by atoms with E-state index in [1.165, 1.54) is 13.3 Å². The van der Waals surface area contributed by atoms with E-state index >= 15 is 0 Å². The minimum Gasteiger partial charge on any atom is -0.496 e. The molecule has 1 aliphatic carbocycles. The van der Waals surface area contributed by atoms with E-state index in [1.807, 2.05) is 4.90 Å². The third-order valence-corrected chi connectivity index (χ3v) is 5.80. The standard InChI is InChI=1S/C19H20F3N3O3/c1-28-15-2-3-23-8-13(15)16(26)11-5-18(6-11)9-25(10-18)12-4-14(19(20,21)22)17(27)24-7-12/h2-4,7-8,11,16,26H,5-6,9-10H2,1H3,(H,24,27). The van der Waals surface area contributed by atoms with Crippen molar-refractivity contribution < 1.29 is 23.0 Å². The van der Waals surface area contributed by atoms with Crippen LogP contribution in [0.1, 0.15) is 30.1 Å². The Bertz CT molecular complexity index is 930. The minimum absolute atomic E-state index is 0.00434. The van der Waals surface area contributed by atoms with E-state index in [0.29, 0.717) is 30.1 Å². The van der Waals surface area contributed by atoms with Crippen LogP contribution in [0, 0.1) is 11.3 Å². The van der Waals surface area contributed by atoms with Gasteiger partial charge in [0, 0.05) is 42.7 Å². The van der Waals surface area contributed by atoms with Gasteiger partial charge in [-0.2, -0.15) is 13.2 Å². The van der Waals surface area contributed by atoms with Crippen molar-refractivity contribution in [3.63, 3.8) is 0 Å². The molecule has 0 radical (unpaired) electrons. The van der Waals surface area contributed by atoms with Gasteiger partial charge in [0.1, 0.15) is 11.3 Å². The van der Waals surface area contributed by atoms with Gasteiger partial charge in [0.25, 0.3) is 5.56 Å². The summed E-state index contributed by atoms with van der Waals surface area (Å²) in [5, 5.41) is 10.6. The molecule has 2 fully saturated rings. The molecule has 2 N–H and O–H groups in total. The molecule has 1 spiro atoms. The zero-order valence-electron chi connectivity index (χ0n) is 15.2. The Morgan fingerprint density at radius 1 is 1.39 bits per heavy atom. The number of aromatic nitrogens is 2. The molecule has 1 saturated carbocycles. The number of hydrogen-bond acceptors (Lipinski definition) is 5. The predicted octanol–water partition coefficient (Wildman–Crippen LogP) is 2.75. The fourth-order valence-corrected chi connectivity index (χ4v) is 4.40. The number of aliphatic hydroxyl groups excluding tert-OH is 1. The van der Waals surface area contributed by atoms with Crippen molar-refractivity contribution in [1.29, 1.82) is 0 Å². The van der Waals surface area contributed by atoms with Crippen LogP contribution in [0.25, 0.3) is 0 Å². The Hall–Kier alpha value is -2.55. The van der Waals surface area contributed by atoms with Crippen molar-refractivity contribution in [2.24, 2.45) is 11.3 Å². The van der Waals surface area contributed by atoms with Crippen LogP contribution in [0.2, 0.25) is 0 Å². The number of nitrogens with one attached hydrogen (secondary N) is 1. The van der Waals surface area contributed by atoms with Crippen molar-refractivity contribution in [1.82, 2.24) is 9.97 Å². The van der Waals surface area contributed by atoms with E-state index in [-0.39, 0.29) is 11.3 Å². The molecular formula is C19H20F3N3O3. The fourth-order valence-electron chi connectivity index (χ4n) is 4.40. The zero-order valence-corrected chi connectivity index (χ0v) is 15.2. The molecule has 2 aromatic heterocycles. The first-order valence-electron chi connectivity index (χ1n) is 8.93. The molecule has 1 unspecified atom stereocenters. The lowest BCUT2D eigenvalue weighted by molar-refractivity contribution is -0.138. The van der Waals surface area contributed by atoms with Gasteiger partial charge in [-0.05, 0) is 30.9 Å². The minimum atomic E-state index is -4.68. The number of hydrogen-bond donors (Lipinski definition) is 2. The average molecular weight is 395 g/mol. The molecular weight excluding hydrogens is 375 g/mol. The SMILES string of the molecule is COc1ccncc1C(O)C1CC2(C1)CN(c1c[nH]c(=O)c(C(F)(F)F)c1)C2. The van der Waals surface area contributed by atoms with Gasteiger partial charge < -0.3 is 19.7 Å². The molecule has 0 aromatic carbocycles. The summed E-state index contributed by atoms with van der Waals surface area (Å²) in [5.41, 5.74) is -1.32. The van der Waals surface area contributed by atoms with Gasteiger partial charge >= 0.3 is 6.18 Å². The second-order valence-electron chi connectivity index (χ2n) is 7.69. The molecule has 1 atom stereocenters. The Labute approximate surface area is 159 Å². The van der Waals surface area contributed by atoms with Crippen molar-refractivity contribution in [3.05, 3.63) is 52.2 Å². The molecule has 0 bridgehead atoms. The van der Waals surface area contributed by atoms with Gasteiger partial charge in [-0.25, -0.2) is 0 Å². The van der Waals surface area contributed by atoms with Crippen molar-refractivity contribution in [2.45, 2.75) is 25.1 Å². The lowest BCUT2D eigenvalue weighted by Gasteiger charge is -2.60. The number of rotatable bonds is 4. The molecule has 3 heterocycles. The number of methoxy groups -OCH3 is 1. The summed E-state index contributed by atoms with van der Waals surface area (Å²) >= 11 is 0. The van der Waals surface area contributed by atoms with Crippen molar-refractivity contribution in [3.8, 4) is 5.75 Å².